The van der Waals surface area contributed by atoms with Crippen LogP contribution in [0.25, 0.3) is 0 Å². The number of rotatable bonds is 1. The molecule has 0 saturated heterocycles. The van der Waals surface area contributed by atoms with Crippen LogP contribution < -0.4 is 0 Å². The molecule has 2 aliphatic carbocycles. The van der Waals surface area contributed by atoms with Gasteiger partial charge in [0.15, 0.2) is 0 Å². The molecule has 2 aliphatic rings. The van der Waals surface area contributed by atoms with Crippen LogP contribution in [0.2, 0.25) is 0 Å². The molecule has 2 unspecified atom stereocenters. The molecule has 0 nitrogen and oxygen atoms in total. The van der Waals surface area contributed by atoms with Crippen molar-refractivity contribution in [1.82, 2.24) is 0 Å². The molecule has 0 aromatic carbocycles. The Kier molecular flexibility index (Phi) is 1.07. The molecule has 0 bridgehead atoms. The van der Waals surface area contributed by atoms with Crippen molar-refractivity contribution in [3.8, 4) is 0 Å². The summed E-state index contributed by atoms with van der Waals surface area (Å²) in [7, 11) is 0. The smallest absolute Gasteiger partial charge is 0.00693 e. The van der Waals surface area contributed by atoms with Gasteiger partial charge in [-0.1, -0.05) is 0 Å². The third-order valence-electron chi connectivity index (χ3n) is 2.60. The van der Waals surface area contributed by atoms with Crippen molar-refractivity contribution in [3.63, 3.8) is 0 Å². The summed E-state index contributed by atoms with van der Waals surface area (Å²) < 4.78 is 0. The first-order valence-corrected chi connectivity index (χ1v) is 4.14. The lowest BCUT2D eigenvalue weighted by molar-refractivity contribution is 0.545. The van der Waals surface area contributed by atoms with Gasteiger partial charge in [-0.2, -0.15) is 12.6 Å². The van der Waals surface area contributed by atoms with E-state index < -0.39 is 0 Å². The van der Waals surface area contributed by atoms with E-state index in [1.54, 1.807) is 6.42 Å². The van der Waals surface area contributed by atoms with E-state index in [9.17, 15) is 0 Å². The van der Waals surface area contributed by atoms with Gasteiger partial charge in [-0.3, -0.25) is 0 Å². The van der Waals surface area contributed by atoms with Gasteiger partial charge in [0.05, 0.1) is 0 Å². The highest BCUT2D eigenvalue weighted by Crippen LogP contribution is 2.54. The van der Waals surface area contributed by atoms with Crippen LogP contribution in [0.3, 0.4) is 0 Å². The minimum atomic E-state index is 0.988. The molecule has 2 saturated carbocycles. The first-order chi connectivity index (χ1) is 3.90. The van der Waals surface area contributed by atoms with Crippen molar-refractivity contribution in [1.29, 1.82) is 0 Å². The Hall–Kier alpha value is 0.350. The zero-order chi connectivity index (χ0) is 5.56. The molecule has 0 aromatic rings. The maximum atomic E-state index is 4.28. The quantitative estimate of drug-likeness (QED) is 0.513. The number of hydrogen-bond acceptors (Lipinski definition) is 1. The highest BCUT2D eigenvalue weighted by atomic mass is 32.1. The largest absolute Gasteiger partial charge is 0.179 e. The van der Waals surface area contributed by atoms with Crippen LogP contribution in [-0.2, 0) is 0 Å². The third-order valence-corrected chi connectivity index (χ3v) is 3.12. The second-order valence-electron chi connectivity index (χ2n) is 3.28. The van der Waals surface area contributed by atoms with Gasteiger partial charge in [0.25, 0.3) is 0 Å². The average molecular weight is 128 g/mol. The molecule has 0 amide bonds. The van der Waals surface area contributed by atoms with Crippen LogP contribution in [0, 0.1) is 17.8 Å². The van der Waals surface area contributed by atoms with Crippen molar-refractivity contribution >= 4 is 12.6 Å². The van der Waals surface area contributed by atoms with Crippen LogP contribution in [0.1, 0.15) is 19.3 Å². The Morgan fingerprint density at radius 3 is 2.12 bits per heavy atom. The Labute approximate surface area is 56.1 Å². The summed E-state index contributed by atoms with van der Waals surface area (Å²) in [5.74, 6) is 4.41. The second-order valence-corrected chi connectivity index (χ2v) is 3.64. The lowest BCUT2D eigenvalue weighted by Gasteiger charge is -2.04. The van der Waals surface area contributed by atoms with E-state index in [0.717, 1.165) is 23.5 Å². The Morgan fingerprint density at radius 2 is 1.75 bits per heavy atom. The first-order valence-electron chi connectivity index (χ1n) is 3.51. The highest BCUT2D eigenvalue weighted by Gasteiger charge is 2.44. The fraction of sp³-hybridized carbons (Fsp3) is 1.00. The van der Waals surface area contributed by atoms with E-state index in [-0.39, 0.29) is 0 Å². The lowest BCUT2D eigenvalue weighted by atomic mass is 10.1. The normalized spacial score (nSPS) is 51.4. The molecule has 2 atom stereocenters. The number of thiol groups is 1. The van der Waals surface area contributed by atoms with Gasteiger partial charge in [0.1, 0.15) is 0 Å². The molecule has 1 heteroatoms. The second kappa shape index (κ2) is 1.66. The van der Waals surface area contributed by atoms with E-state index >= 15 is 0 Å². The number of hydrogen-bond donors (Lipinski definition) is 1. The maximum Gasteiger partial charge on any atom is -0.00693 e. The monoisotopic (exact) mass is 128 g/mol. The van der Waals surface area contributed by atoms with E-state index in [1.807, 2.05) is 0 Å². The molecule has 8 heavy (non-hydrogen) atoms. The predicted octanol–water partition coefficient (Wildman–Crippen LogP) is 1.96. The van der Waals surface area contributed by atoms with Crippen molar-refractivity contribution in [3.05, 3.63) is 0 Å². The zero-order valence-electron chi connectivity index (χ0n) is 5.01. The van der Waals surface area contributed by atoms with Crippen LogP contribution in [-0.4, -0.2) is 5.75 Å². The Bertz CT molecular complexity index is 90.6. The summed E-state index contributed by atoms with van der Waals surface area (Å²) in [6, 6.07) is 0. The van der Waals surface area contributed by atoms with E-state index in [1.165, 1.54) is 12.8 Å². The average Bonchev–Trinajstić information content (AvgIpc) is 2.40. The van der Waals surface area contributed by atoms with Crippen LogP contribution in [0.15, 0.2) is 0 Å². The minimum Gasteiger partial charge on any atom is -0.179 e. The highest BCUT2D eigenvalue weighted by molar-refractivity contribution is 7.80. The summed E-state index contributed by atoms with van der Waals surface area (Å²) in [4.78, 5) is 0. The zero-order valence-corrected chi connectivity index (χ0v) is 5.90. The van der Waals surface area contributed by atoms with E-state index in [0.29, 0.717) is 0 Å². The summed E-state index contributed by atoms with van der Waals surface area (Å²) >= 11 is 4.28. The lowest BCUT2D eigenvalue weighted by Crippen LogP contribution is -1.96. The van der Waals surface area contributed by atoms with Gasteiger partial charge in [-0.15, -0.1) is 0 Å². The molecule has 0 aromatic heterocycles. The minimum absolute atomic E-state index is 0.988. The fourth-order valence-corrected chi connectivity index (χ4v) is 2.29. The van der Waals surface area contributed by atoms with Gasteiger partial charge >= 0.3 is 0 Å². The molecule has 0 N–H and O–H groups in total. The molecule has 0 heterocycles. The van der Waals surface area contributed by atoms with Gasteiger partial charge in [-0.05, 0) is 42.8 Å². The molecular formula is C7H12S. The van der Waals surface area contributed by atoms with E-state index in [2.05, 4.69) is 12.6 Å². The first kappa shape index (κ1) is 5.16. The van der Waals surface area contributed by atoms with Gasteiger partial charge in [0, 0.05) is 0 Å². The van der Waals surface area contributed by atoms with Crippen LogP contribution in [0.4, 0.5) is 0 Å². The molecule has 46 valence electrons. The molecule has 2 rings (SSSR count). The molecule has 0 aliphatic heterocycles. The maximum absolute atomic E-state index is 4.28. The number of fused-ring (bicyclic) bond motifs is 1. The van der Waals surface area contributed by atoms with Crippen LogP contribution >= 0.6 is 12.6 Å². The van der Waals surface area contributed by atoms with Crippen molar-refractivity contribution < 1.29 is 0 Å². The molecule has 2 fully saturated rings. The molecular weight excluding hydrogens is 116 g/mol. The fourth-order valence-electron chi connectivity index (χ4n) is 1.99. The van der Waals surface area contributed by atoms with E-state index in [4.69, 9.17) is 0 Å². The Morgan fingerprint density at radius 1 is 1.12 bits per heavy atom. The molecule has 0 spiro atoms. The Balaban J connectivity index is 1.89. The summed E-state index contributed by atoms with van der Waals surface area (Å²) in [5, 5.41) is 0. The SMILES string of the molecule is SCC1CC2CC2C1. The standard InChI is InChI=1S/C7H12S/c8-4-5-1-6-3-7(6)2-5/h5-8H,1-4H2. The van der Waals surface area contributed by atoms with Crippen molar-refractivity contribution in [2.45, 2.75) is 19.3 Å². The third kappa shape index (κ3) is 0.680. The topological polar surface area (TPSA) is 0 Å². The van der Waals surface area contributed by atoms with Crippen molar-refractivity contribution in [2.75, 3.05) is 5.75 Å². The van der Waals surface area contributed by atoms with Gasteiger partial charge in [0.2, 0.25) is 0 Å². The summed E-state index contributed by atoms with van der Waals surface area (Å²) in [6.07, 6.45) is 4.53. The summed E-state index contributed by atoms with van der Waals surface area (Å²) in [5.41, 5.74) is 0. The van der Waals surface area contributed by atoms with Crippen LogP contribution in [0.5, 0.6) is 0 Å². The molecule has 0 radical (unpaired) electrons. The van der Waals surface area contributed by atoms with Crippen molar-refractivity contribution in [2.24, 2.45) is 17.8 Å². The van der Waals surface area contributed by atoms with Gasteiger partial charge in [-0.25, -0.2) is 0 Å². The predicted molar refractivity (Wildman–Crippen MR) is 38.2 cm³/mol. The van der Waals surface area contributed by atoms with Gasteiger partial charge < -0.3 is 0 Å². The summed E-state index contributed by atoms with van der Waals surface area (Å²) in [6.45, 7) is 0.